The second-order valence-corrected chi connectivity index (χ2v) is 3.05. The fraction of sp³-hybridized carbons (Fsp3) is 0.125. The number of halogens is 2. The van der Waals surface area contributed by atoms with Crippen molar-refractivity contribution in [3.63, 3.8) is 0 Å². The van der Waals surface area contributed by atoms with Crippen molar-refractivity contribution in [1.82, 2.24) is 0 Å². The quantitative estimate of drug-likeness (QED) is 0.799. The molecule has 0 bridgehead atoms. The van der Waals surface area contributed by atoms with E-state index in [1.807, 2.05) is 6.07 Å². The van der Waals surface area contributed by atoms with Crippen LogP contribution in [-0.4, -0.2) is 0 Å². The lowest BCUT2D eigenvalue weighted by Gasteiger charge is -2.03. The standard InChI is InChI=1S/C8H6BrFN2/c9-7-1-2-8(10)6(4-12)5(7)3-11/h1-2H,4,12H2. The Morgan fingerprint density at radius 1 is 1.58 bits per heavy atom. The molecule has 1 rings (SSSR count). The minimum atomic E-state index is -0.433. The Bertz CT molecular complexity index is 344. The third kappa shape index (κ3) is 1.47. The van der Waals surface area contributed by atoms with Gasteiger partial charge < -0.3 is 5.73 Å². The topological polar surface area (TPSA) is 49.8 Å². The second kappa shape index (κ2) is 3.65. The number of nitrogens with two attached hydrogens (primary N) is 1. The molecule has 0 spiro atoms. The maximum absolute atomic E-state index is 13.0. The summed E-state index contributed by atoms with van der Waals surface area (Å²) in [7, 11) is 0. The average Bonchev–Trinajstić information content (AvgIpc) is 2.08. The van der Waals surface area contributed by atoms with Crippen molar-refractivity contribution in [3.8, 4) is 6.07 Å². The maximum Gasteiger partial charge on any atom is 0.129 e. The number of benzene rings is 1. The SMILES string of the molecule is N#Cc1c(Br)ccc(F)c1CN. The molecule has 0 aliphatic rings. The van der Waals surface area contributed by atoms with E-state index in [0.717, 1.165) is 0 Å². The van der Waals surface area contributed by atoms with E-state index in [2.05, 4.69) is 15.9 Å². The summed E-state index contributed by atoms with van der Waals surface area (Å²) in [5.41, 5.74) is 5.82. The van der Waals surface area contributed by atoms with E-state index >= 15 is 0 Å². The molecule has 2 N–H and O–H groups in total. The number of hydrogen-bond donors (Lipinski definition) is 1. The van der Waals surface area contributed by atoms with Crippen LogP contribution in [0.3, 0.4) is 0 Å². The molecule has 0 atom stereocenters. The van der Waals surface area contributed by atoms with Gasteiger partial charge in [0.2, 0.25) is 0 Å². The lowest BCUT2D eigenvalue weighted by atomic mass is 10.1. The molecule has 1 aromatic rings. The van der Waals surface area contributed by atoms with E-state index in [-0.39, 0.29) is 17.7 Å². The van der Waals surface area contributed by atoms with Crippen molar-refractivity contribution in [3.05, 3.63) is 33.5 Å². The van der Waals surface area contributed by atoms with Gasteiger partial charge in [0.05, 0.1) is 5.56 Å². The van der Waals surface area contributed by atoms with E-state index < -0.39 is 5.82 Å². The third-order valence-corrected chi connectivity index (χ3v) is 2.18. The van der Waals surface area contributed by atoms with Crippen molar-refractivity contribution < 1.29 is 4.39 Å². The van der Waals surface area contributed by atoms with Gasteiger partial charge in [0.25, 0.3) is 0 Å². The van der Waals surface area contributed by atoms with Crippen LogP contribution in [0.5, 0.6) is 0 Å². The number of nitriles is 1. The molecule has 0 saturated carbocycles. The average molecular weight is 229 g/mol. The zero-order valence-corrected chi connectivity index (χ0v) is 7.73. The lowest BCUT2D eigenvalue weighted by molar-refractivity contribution is 0.609. The van der Waals surface area contributed by atoms with E-state index in [1.165, 1.54) is 12.1 Å². The summed E-state index contributed by atoms with van der Waals surface area (Å²) < 4.78 is 13.5. The molecule has 2 nitrogen and oxygen atoms in total. The highest BCUT2D eigenvalue weighted by Gasteiger charge is 2.09. The maximum atomic E-state index is 13.0. The molecule has 1 aromatic carbocycles. The minimum absolute atomic E-state index is 0.0359. The van der Waals surface area contributed by atoms with Crippen LogP contribution in [0.2, 0.25) is 0 Å². The molecule has 12 heavy (non-hydrogen) atoms. The Labute approximate surface area is 77.9 Å². The van der Waals surface area contributed by atoms with Crippen LogP contribution in [-0.2, 0) is 6.54 Å². The summed E-state index contributed by atoms with van der Waals surface area (Å²) in [6.45, 7) is 0.0359. The molecule has 62 valence electrons. The van der Waals surface area contributed by atoms with Gasteiger partial charge >= 0.3 is 0 Å². The fourth-order valence-corrected chi connectivity index (χ4v) is 1.37. The zero-order valence-electron chi connectivity index (χ0n) is 6.14. The molecule has 0 amide bonds. The normalized spacial score (nSPS) is 9.50. The molecule has 0 aliphatic carbocycles. The zero-order chi connectivity index (χ0) is 9.14. The molecule has 0 heterocycles. The first-order chi connectivity index (χ1) is 5.70. The molecule has 0 fully saturated rings. The molecule has 0 saturated heterocycles. The highest BCUT2D eigenvalue weighted by atomic mass is 79.9. The van der Waals surface area contributed by atoms with Gasteiger partial charge in [-0.15, -0.1) is 0 Å². The molecule has 0 radical (unpaired) electrons. The Morgan fingerprint density at radius 2 is 2.25 bits per heavy atom. The van der Waals surface area contributed by atoms with Crippen LogP contribution in [0.25, 0.3) is 0 Å². The third-order valence-electron chi connectivity index (χ3n) is 1.52. The molecule has 0 aliphatic heterocycles. The van der Waals surface area contributed by atoms with Gasteiger partial charge in [-0.25, -0.2) is 4.39 Å². The summed E-state index contributed by atoms with van der Waals surface area (Å²) in [6, 6.07) is 4.67. The molecule has 4 heteroatoms. The number of nitrogens with zero attached hydrogens (tertiary/aromatic N) is 1. The van der Waals surface area contributed by atoms with E-state index in [4.69, 9.17) is 11.0 Å². The van der Waals surface area contributed by atoms with Crippen molar-refractivity contribution in [1.29, 1.82) is 5.26 Å². The van der Waals surface area contributed by atoms with Crippen LogP contribution in [0.4, 0.5) is 4.39 Å². The molecular formula is C8H6BrFN2. The first-order valence-electron chi connectivity index (χ1n) is 3.27. The summed E-state index contributed by atoms with van der Waals surface area (Å²) in [4.78, 5) is 0. The Kier molecular flexibility index (Phi) is 2.79. The van der Waals surface area contributed by atoms with Gasteiger partial charge in [-0.1, -0.05) is 0 Å². The highest BCUT2D eigenvalue weighted by molar-refractivity contribution is 9.10. The molecule has 0 aromatic heterocycles. The Morgan fingerprint density at radius 3 is 2.67 bits per heavy atom. The molecular weight excluding hydrogens is 223 g/mol. The Balaban J connectivity index is 3.41. The summed E-state index contributed by atoms with van der Waals surface area (Å²) >= 11 is 3.14. The summed E-state index contributed by atoms with van der Waals surface area (Å²) in [5.74, 6) is -0.433. The van der Waals surface area contributed by atoms with Gasteiger partial charge in [0.1, 0.15) is 11.9 Å². The van der Waals surface area contributed by atoms with E-state index in [0.29, 0.717) is 4.47 Å². The smallest absolute Gasteiger partial charge is 0.129 e. The lowest BCUT2D eigenvalue weighted by Crippen LogP contribution is -2.03. The highest BCUT2D eigenvalue weighted by Crippen LogP contribution is 2.21. The minimum Gasteiger partial charge on any atom is -0.326 e. The number of hydrogen-bond acceptors (Lipinski definition) is 2. The van der Waals surface area contributed by atoms with Gasteiger partial charge in [-0.3, -0.25) is 0 Å². The van der Waals surface area contributed by atoms with Crippen LogP contribution in [0.15, 0.2) is 16.6 Å². The molecule has 0 unspecified atom stereocenters. The van der Waals surface area contributed by atoms with E-state index in [1.54, 1.807) is 0 Å². The summed E-state index contributed by atoms with van der Waals surface area (Å²) in [6.07, 6.45) is 0. The Hall–Kier alpha value is -0.920. The van der Waals surface area contributed by atoms with Gasteiger partial charge in [0.15, 0.2) is 0 Å². The fourth-order valence-electron chi connectivity index (χ4n) is 0.914. The van der Waals surface area contributed by atoms with Crippen molar-refractivity contribution in [2.75, 3.05) is 0 Å². The monoisotopic (exact) mass is 228 g/mol. The van der Waals surface area contributed by atoms with Crippen molar-refractivity contribution in [2.24, 2.45) is 5.73 Å². The van der Waals surface area contributed by atoms with E-state index in [9.17, 15) is 4.39 Å². The van der Waals surface area contributed by atoms with Crippen LogP contribution in [0, 0.1) is 17.1 Å². The number of rotatable bonds is 1. The summed E-state index contributed by atoms with van der Waals surface area (Å²) in [5, 5.41) is 8.65. The van der Waals surface area contributed by atoms with Crippen molar-refractivity contribution in [2.45, 2.75) is 6.54 Å². The second-order valence-electron chi connectivity index (χ2n) is 2.20. The van der Waals surface area contributed by atoms with Crippen LogP contribution < -0.4 is 5.73 Å². The predicted molar refractivity (Wildman–Crippen MR) is 46.7 cm³/mol. The van der Waals surface area contributed by atoms with Gasteiger partial charge in [-0.05, 0) is 28.1 Å². The van der Waals surface area contributed by atoms with Crippen LogP contribution >= 0.6 is 15.9 Å². The predicted octanol–water partition coefficient (Wildman–Crippen LogP) is 1.92. The van der Waals surface area contributed by atoms with Crippen molar-refractivity contribution >= 4 is 15.9 Å². The van der Waals surface area contributed by atoms with Gasteiger partial charge in [-0.2, -0.15) is 5.26 Å². The first-order valence-corrected chi connectivity index (χ1v) is 4.07. The largest absolute Gasteiger partial charge is 0.326 e. The van der Waals surface area contributed by atoms with Gasteiger partial charge in [0, 0.05) is 16.6 Å². The first kappa shape index (κ1) is 9.17. The van der Waals surface area contributed by atoms with Crippen LogP contribution in [0.1, 0.15) is 11.1 Å².